The summed E-state index contributed by atoms with van der Waals surface area (Å²) in [7, 11) is 0. The molecule has 1 fully saturated rings. The summed E-state index contributed by atoms with van der Waals surface area (Å²) in [6, 6.07) is 4.76. The van der Waals surface area contributed by atoms with Crippen LogP contribution in [0, 0.1) is 5.82 Å². The maximum atomic E-state index is 13.2. The predicted molar refractivity (Wildman–Crippen MR) is 68.1 cm³/mol. The Morgan fingerprint density at radius 3 is 2.94 bits per heavy atom. The number of ether oxygens (including phenoxy) is 2. The molecule has 1 aliphatic heterocycles. The number of hydrogen-bond donors (Lipinski definition) is 0. The Morgan fingerprint density at radius 1 is 1.35 bits per heavy atom. The van der Waals surface area contributed by atoms with Crippen LogP contribution in [-0.4, -0.2) is 19.3 Å². The second kappa shape index (κ2) is 6.36. The van der Waals surface area contributed by atoms with Gasteiger partial charge in [0.1, 0.15) is 18.2 Å². The van der Waals surface area contributed by atoms with Gasteiger partial charge in [-0.05, 0) is 37.0 Å². The summed E-state index contributed by atoms with van der Waals surface area (Å²) in [5.74, 6) is 0.315. The van der Waals surface area contributed by atoms with Crippen LogP contribution in [0.2, 0.25) is 0 Å². The fourth-order valence-corrected chi connectivity index (χ4v) is 2.23. The lowest BCUT2D eigenvalue weighted by molar-refractivity contribution is -0.0111. The smallest absolute Gasteiger partial charge is 0.127 e. The maximum Gasteiger partial charge on any atom is 0.127 e. The highest BCUT2D eigenvalue weighted by molar-refractivity contribution is 9.08. The minimum Gasteiger partial charge on any atom is -0.491 e. The van der Waals surface area contributed by atoms with Crippen LogP contribution in [0.25, 0.3) is 0 Å². The molecule has 2 nitrogen and oxygen atoms in total. The summed E-state index contributed by atoms with van der Waals surface area (Å²) in [6.07, 6.45) is 3.49. The number of alkyl halides is 1. The van der Waals surface area contributed by atoms with Gasteiger partial charge in [-0.15, -0.1) is 0 Å². The molecule has 1 heterocycles. The quantitative estimate of drug-likeness (QED) is 0.790. The van der Waals surface area contributed by atoms with Crippen molar-refractivity contribution in [3.05, 3.63) is 29.6 Å². The van der Waals surface area contributed by atoms with Gasteiger partial charge < -0.3 is 9.47 Å². The van der Waals surface area contributed by atoms with Crippen LogP contribution in [0.1, 0.15) is 24.8 Å². The molecule has 4 heteroatoms. The van der Waals surface area contributed by atoms with Crippen molar-refractivity contribution in [3.63, 3.8) is 0 Å². The third-order valence-corrected chi connectivity index (χ3v) is 3.44. The molecule has 0 radical (unpaired) electrons. The molecule has 0 N–H and O–H groups in total. The highest BCUT2D eigenvalue weighted by Crippen LogP contribution is 2.20. The van der Waals surface area contributed by atoms with Crippen LogP contribution < -0.4 is 4.74 Å². The zero-order chi connectivity index (χ0) is 12.1. The van der Waals surface area contributed by atoms with E-state index in [1.54, 1.807) is 0 Å². The molecule has 2 rings (SSSR count). The molecule has 0 amide bonds. The highest BCUT2D eigenvalue weighted by Gasteiger charge is 2.14. The van der Waals surface area contributed by atoms with Crippen LogP contribution >= 0.6 is 15.9 Å². The molecule has 1 aliphatic rings. The lowest BCUT2D eigenvalue weighted by Gasteiger charge is -2.22. The van der Waals surface area contributed by atoms with E-state index in [9.17, 15) is 4.39 Å². The molecule has 0 saturated carbocycles. The first-order valence-electron chi connectivity index (χ1n) is 5.88. The molecule has 1 unspecified atom stereocenters. The summed E-state index contributed by atoms with van der Waals surface area (Å²) in [5, 5.41) is 0.626. The van der Waals surface area contributed by atoms with E-state index >= 15 is 0 Å². The van der Waals surface area contributed by atoms with Gasteiger partial charge in [-0.25, -0.2) is 4.39 Å². The number of halogens is 2. The van der Waals surface area contributed by atoms with Crippen LogP contribution in [-0.2, 0) is 10.1 Å². The first-order chi connectivity index (χ1) is 8.28. The molecule has 0 spiro atoms. The Balaban J connectivity index is 1.91. The molecule has 1 atom stereocenters. The first-order valence-corrected chi connectivity index (χ1v) is 7.00. The summed E-state index contributed by atoms with van der Waals surface area (Å²) in [6.45, 7) is 1.31. The number of hydrogen-bond acceptors (Lipinski definition) is 2. The third-order valence-electron chi connectivity index (χ3n) is 2.80. The van der Waals surface area contributed by atoms with Gasteiger partial charge >= 0.3 is 0 Å². The van der Waals surface area contributed by atoms with E-state index in [2.05, 4.69) is 15.9 Å². The topological polar surface area (TPSA) is 18.5 Å². The van der Waals surface area contributed by atoms with E-state index in [1.165, 1.54) is 18.6 Å². The van der Waals surface area contributed by atoms with Gasteiger partial charge in [-0.2, -0.15) is 0 Å². The van der Waals surface area contributed by atoms with E-state index < -0.39 is 0 Å². The number of rotatable bonds is 4. The lowest BCUT2D eigenvalue weighted by Crippen LogP contribution is -2.25. The van der Waals surface area contributed by atoms with E-state index in [1.807, 2.05) is 6.07 Å². The van der Waals surface area contributed by atoms with Crippen molar-refractivity contribution < 1.29 is 13.9 Å². The Morgan fingerprint density at radius 2 is 2.24 bits per heavy atom. The van der Waals surface area contributed by atoms with E-state index in [4.69, 9.17) is 9.47 Å². The van der Waals surface area contributed by atoms with Gasteiger partial charge in [0.15, 0.2) is 0 Å². The van der Waals surface area contributed by atoms with Gasteiger partial charge in [0.2, 0.25) is 0 Å². The first kappa shape index (κ1) is 12.8. The van der Waals surface area contributed by atoms with Gasteiger partial charge in [-0.1, -0.05) is 15.9 Å². The molecule has 94 valence electrons. The fraction of sp³-hybridized carbons (Fsp3) is 0.538. The second-order valence-corrected chi connectivity index (χ2v) is 4.79. The predicted octanol–water partition coefficient (Wildman–Crippen LogP) is 3.67. The maximum absolute atomic E-state index is 13.2. The molecule has 1 aromatic rings. The molecule has 0 bridgehead atoms. The normalized spacial score (nSPS) is 20.2. The highest BCUT2D eigenvalue weighted by atomic mass is 79.9. The van der Waals surface area contributed by atoms with Crippen molar-refractivity contribution in [2.45, 2.75) is 30.7 Å². The van der Waals surface area contributed by atoms with Crippen molar-refractivity contribution in [3.8, 4) is 5.75 Å². The van der Waals surface area contributed by atoms with Crippen molar-refractivity contribution in [2.24, 2.45) is 0 Å². The standard InChI is InChI=1S/C13H16BrFO2/c14-8-10-5-11(15)7-13(6-10)17-9-12-3-1-2-4-16-12/h5-7,12H,1-4,8-9H2. The van der Waals surface area contributed by atoms with Crippen LogP contribution in [0.4, 0.5) is 4.39 Å². The Bertz CT molecular complexity index is 364. The molecule has 1 saturated heterocycles. The fourth-order valence-electron chi connectivity index (χ4n) is 1.91. The van der Waals surface area contributed by atoms with E-state index in [0.717, 1.165) is 25.0 Å². The van der Waals surface area contributed by atoms with E-state index in [0.29, 0.717) is 17.7 Å². The Kier molecular flexibility index (Phi) is 4.80. The summed E-state index contributed by atoms with van der Waals surface area (Å²) in [4.78, 5) is 0. The molecule has 0 aromatic heterocycles. The molecular weight excluding hydrogens is 287 g/mol. The summed E-state index contributed by atoms with van der Waals surface area (Å²) < 4.78 is 24.4. The van der Waals surface area contributed by atoms with E-state index in [-0.39, 0.29) is 11.9 Å². The second-order valence-electron chi connectivity index (χ2n) is 4.23. The molecular formula is C13H16BrFO2. The molecule has 17 heavy (non-hydrogen) atoms. The molecule has 0 aliphatic carbocycles. The van der Waals surface area contributed by atoms with Crippen molar-refractivity contribution >= 4 is 15.9 Å². The summed E-state index contributed by atoms with van der Waals surface area (Å²) in [5.41, 5.74) is 0.879. The van der Waals surface area contributed by atoms with Crippen LogP contribution in [0.5, 0.6) is 5.75 Å². The van der Waals surface area contributed by atoms with Crippen molar-refractivity contribution in [2.75, 3.05) is 13.2 Å². The van der Waals surface area contributed by atoms with Crippen molar-refractivity contribution in [1.29, 1.82) is 0 Å². The van der Waals surface area contributed by atoms with Gasteiger partial charge in [-0.3, -0.25) is 0 Å². The molecule has 1 aromatic carbocycles. The number of benzene rings is 1. The minimum atomic E-state index is -0.262. The van der Waals surface area contributed by atoms with Crippen LogP contribution in [0.15, 0.2) is 18.2 Å². The third kappa shape index (κ3) is 3.96. The Hall–Kier alpha value is -0.610. The zero-order valence-electron chi connectivity index (χ0n) is 9.62. The van der Waals surface area contributed by atoms with Gasteiger partial charge in [0.05, 0.1) is 6.10 Å². The van der Waals surface area contributed by atoms with Gasteiger partial charge in [0.25, 0.3) is 0 Å². The lowest BCUT2D eigenvalue weighted by atomic mass is 10.1. The largest absolute Gasteiger partial charge is 0.491 e. The Labute approximate surface area is 109 Å². The SMILES string of the molecule is Fc1cc(CBr)cc(OCC2CCCCO2)c1. The van der Waals surface area contributed by atoms with Gasteiger partial charge in [0, 0.05) is 18.0 Å². The minimum absolute atomic E-state index is 0.152. The monoisotopic (exact) mass is 302 g/mol. The van der Waals surface area contributed by atoms with Crippen molar-refractivity contribution in [1.82, 2.24) is 0 Å². The zero-order valence-corrected chi connectivity index (χ0v) is 11.2. The summed E-state index contributed by atoms with van der Waals surface area (Å²) >= 11 is 3.31. The average Bonchev–Trinajstić information content (AvgIpc) is 2.37. The average molecular weight is 303 g/mol. The van der Waals surface area contributed by atoms with Crippen LogP contribution in [0.3, 0.4) is 0 Å².